The first-order chi connectivity index (χ1) is 15.2. The van der Waals surface area contributed by atoms with Crippen LogP contribution in [-0.4, -0.2) is 38.6 Å². The molecule has 0 N–H and O–H groups in total. The number of tetrazole rings is 1. The van der Waals surface area contributed by atoms with Crippen LogP contribution in [0.3, 0.4) is 0 Å². The molecule has 3 aromatic heterocycles. The highest BCUT2D eigenvalue weighted by molar-refractivity contribution is 7.14. The molecule has 3 heterocycles. The molecule has 0 aliphatic heterocycles. The van der Waals surface area contributed by atoms with Crippen molar-refractivity contribution in [1.82, 2.24) is 20.2 Å². The van der Waals surface area contributed by atoms with E-state index >= 15 is 0 Å². The second-order valence-electron chi connectivity index (χ2n) is 6.44. The van der Waals surface area contributed by atoms with Gasteiger partial charge in [-0.2, -0.15) is 4.68 Å². The summed E-state index contributed by atoms with van der Waals surface area (Å²) in [4.78, 5) is 28.0. The normalized spacial score (nSPS) is 11.5. The van der Waals surface area contributed by atoms with Gasteiger partial charge < -0.3 is 4.74 Å². The van der Waals surface area contributed by atoms with Crippen LogP contribution < -0.4 is 0 Å². The van der Waals surface area contributed by atoms with Crippen LogP contribution in [0.5, 0.6) is 0 Å². The Balaban J connectivity index is 1.60. The zero-order valence-corrected chi connectivity index (χ0v) is 18.2. The summed E-state index contributed by atoms with van der Waals surface area (Å²) in [7, 11) is 0. The standard InChI is InChI=1S/C22H18N4O3S2/c1-2-16-10-11-20(31-16)19(27)14-29-22(28)18(13-17-9-6-12-30-17)26-21(23-24-25-26)15-7-4-3-5-8-15/h3-13H,2,14H2,1H3/b18-13-. The number of hydrogen-bond acceptors (Lipinski definition) is 8. The van der Waals surface area contributed by atoms with E-state index < -0.39 is 5.97 Å². The molecule has 9 heteroatoms. The molecule has 0 spiro atoms. The highest BCUT2D eigenvalue weighted by atomic mass is 32.1. The van der Waals surface area contributed by atoms with Crippen molar-refractivity contribution >= 4 is 46.2 Å². The molecular weight excluding hydrogens is 432 g/mol. The predicted molar refractivity (Wildman–Crippen MR) is 121 cm³/mol. The van der Waals surface area contributed by atoms with Crippen molar-refractivity contribution in [2.75, 3.05) is 6.61 Å². The van der Waals surface area contributed by atoms with E-state index in [0.717, 1.165) is 21.7 Å². The van der Waals surface area contributed by atoms with Crippen LogP contribution in [0.2, 0.25) is 0 Å². The second-order valence-corrected chi connectivity index (χ2v) is 8.59. The number of ether oxygens (including phenoxy) is 1. The van der Waals surface area contributed by atoms with Crippen LogP contribution in [0.25, 0.3) is 23.2 Å². The van der Waals surface area contributed by atoms with Gasteiger partial charge in [-0.1, -0.05) is 43.3 Å². The SMILES string of the molecule is CCc1ccc(C(=O)COC(=O)/C(=C/c2cccs2)n2nnnc2-c2ccccc2)s1. The fourth-order valence-corrected chi connectivity index (χ4v) is 4.35. The molecule has 4 aromatic rings. The summed E-state index contributed by atoms with van der Waals surface area (Å²) in [5.41, 5.74) is 0.874. The lowest BCUT2D eigenvalue weighted by molar-refractivity contribution is -0.136. The molecule has 0 saturated carbocycles. The van der Waals surface area contributed by atoms with Gasteiger partial charge >= 0.3 is 5.97 Å². The summed E-state index contributed by atoms with van der Waals surface area (Å²) in [6.07, 6.45) is 2.51. The van der Waals surface area contributed by atoms with Gasteiger partial charge in [-0.15, -0.1) is 27.8 Å². The highest BCUT2D eigenvalue weighted by Crippen LogP contribution is 2.23. The molecule has 7 nitrogen and oxygen atoms in total. The number of esters is 1. The minimum atomic E-state index is -0.682. The number of thiophene rings is 2. The van der Waals surface area contributed by atoms with E-state index in [-0.39, 0.29) is 18.1 Å². The smallest absolute Gasteiger partial charge is 0.357 e. The van der Waals surface area contributed by atoms with Gasteiger partial charge in [0.05, 0.1) is 4.88 Å². The molecule has 0 atom stereocenters. The Kier molecular flexibility index (Phi) is 6.44. The Morgan fingerprint density at radius 1 is 1.10 bits per heavy atom. The Morgan fingerprint density at radius 3 is 2.65 bits per heavy atom. The fourth-order valence-electron chi connectivity index (χ4n) is 2.83. The lowest BCUT2D eigenvalue weighted by Crippen LogP contribution is -2.18. The second kappa shape index (κ2) is 9.59. The molecule has 0 aliphatic rings. The van der Waals surface area contributed by atoms with Crippen LogP contribution in [0.1, 0.15) is 26.3 Å². The van der Waals surface area contributed by atoms with Crippen molar-refractivity contribution < 1.29 is 14.3 Å². The van der Waals surface area contributed by atoms with Gasteiger partial charge in [-0.25, -0.2) is 4.79 Å². The quantitative estimate of drug-likeness (QED) is 0.224. The number of ketones is 1. The molecule has 156 valence electrons. The third-order valence-electron chi connectivity index (χ3n) is 4.38. The van der Waals surface area contributed by atoms with Crippen LogP contribution in [-0.2, 0) is 16.0 Å². The lowest BCUT2D eigenvalue weighted by Gasteiger charge is -2.09. The monoisotopic (exact) mass is 450 g/mol. The molecule has 0 unspecified atom stereocenters. The average Bonchev–Trinajstić information content (AvgIpc) is 3.57. The molecule has 0 amide bonds. The van der Waals surface area contributed by atoms with E-state index in [1.165, 1.54) is 27.4 Å². The topological polar surface area (TPSA) is 87.0 Å². The summed E-state index contributed by atoms with van der Waals surface area (Å²) in [5.74, 6) is -0.524. The maximum atomic E-state index is 13.0. The van der Waals surface area contributed by atoms with E-state index in [4.69, 9.17) is 4.74 Å². The van der Waals surface area contributed by atoms with Crippen molar-refractivity contribution in [2.45, 2.75) is 13.3 Å². The molecule has 0 fully saturated rings. The van der Waals surface area contributed by atoms with Crippen molar-refractivity contribution in [2.24, 2.45) is 0 Å². The van der Waals surface area contributed by atoms with Crippen molar-refractivity contribution in [3.63, 3.8) is 0 Å². The molecule has 0 aliphatic carbocycles. The molecule has 0 radical (unpaired) electrons. The molecule has 0 saturated heterocycles. The minimum absolute atomic E-state index is 0.125. The largest absolute Gasteiger partial charge is 0.453 e. The Hall–Kier alpha value is -3.43. The number of aromatic nitrogens is 4. The van der Waals surface area contributed by atoms with E-state index in [1.54, 1.807) is 12.1 Å². The molecular formula is C22H18N4O3S2. The van der Waals surface area contributed by atoms with E-state index in [9.17, 15) is 9.59 Å². The van der Waals surface area contributed by atoms with Gasteiger partial charge in [0.1, 0.15) is 0 Å². The van der Waals surface area contributed by atoms with Crippen molar-refractivity contribution in [3.05, 3.63) is 74.6 Å². The number of nitrogens with zero attached hydrogens (tertiary/aromatic N) is 4. The Bertz CT molecular complexity index is 1210. The maximum absolute atomic E-state index is 13.0. The Morgan fingerprint density at radius 2 is 1.94 bits per heavy atom. The number of carbonyl (C=O) groups is 2. The Labute approximate surface area is 186 Å². The first-order valence-electron chi connectivity index (χ1n) is 9.54. The number of carbonyl (C=O) groups excluding carboxylic acids is 2. The number of aryl methyl sites for hydroxylation is 1. The zero-order valence-electron chi connectivity index (χ0n) is 16.6. The summed E-state index contributed by atoms with van der Waals surface area (Å²) < 4.78 is 6.70. The molecule has 0 bridgehead atoms. The highest BCUT2D eigenvalue weighted by Gasteiger charge is 2.22. The number of benzene rings is 1. The summed E-state index contributed by atoms with van der Waals surface area (Å²) in [6.45, 7) is 1.67. The fraction of sp³-hybridized carbons (Fsp3) is 0.136. The van der Waals surface area contributed by atoms with Gasteiger partial charge in [0.2, 0.25) is 5.78 Å². The van der Waals surface area contributed by atoms with E-state index in [1.807, 2.05) is 60.8 Å². The van der Waals surface area contributed by atoms with E-state index in [0.29, 0.717) is 10.7 Å². The predicted octanol–water partition coefficient (Wildman–Crippen LogP) is 4.45. The number of rotatable bonds is 8. The molecule has 31 heavy (non-hydrogen) atoms. The van der Waals surface area contributed by atoms with Gasteiger partial charge in [-0.3, -0.25) is 4.79 Å². The molecule has 4 rings (SSSR count). The third-order valence-corrected chi connectivity index (χ3v) is 6.47. The number of hydrogen-bond donors (Lipinski definition) is 0. The van der Waals surface area contributed by atoms with Crippen LogP contribution in [0.4, 0.5) is 0 Å². The minimum Gasteiger partial charge on any atom is -0.453 e. The van der Waals surface area contributed by atoms with Gasteiger partial charge in [0, 0.05) is 15.3 Å². The maximum Gasteiger partial charge on any atom is 0.357 e. The van der Waals surface area contributed by atoms with Crippen LogP contribution in [0.15, 0.2) is 60.0 Å². The molecule has 1 aromatic carbocycles. The summed E-state index contributed by atoms with van der Waals surface area (Å²) in [6, 6.07) is 16.7. The summed E-state index contributed by atoms with van der Waals surface area (Å²) in [5, 5.41) is 13.7. The average molecular weight is 451 g/mol. The third kappa shape index (κ3) is 4.84. The lowest BCUT2D eigenvalue weighted by atomic mass is 10.2. The zero-order chi connectivity index (χ0) is 21.6. The van der Waals surface area contributed by atoms with Crippen molar-refractivity contribution in [3.8, 4) is 11.4 Å². The first kappa shape index (κ1) is 20.8. The van der Waals surface area contributed by atoms with Gasteiger partial charge in [-0.05, 0) is 46.5 Å². The van der Waals surface area contributed by atoms with Gasteiger partial charge in [0.15, 0.2) is 18.1 Å². The van der Waals surface area contributed by atoms with Crippen LogP contribution >= 0.6 is 22.7 Å². The first-order valence-corrected chi connectivity index (χ1v) is 11.2. The van der Waals surface area contributed by atoms with Gasteiger partial charge in [0.25, 0.3) is 0 Å². The summed E-state index contributed by atoms with van der Waals surface area (Å²) >= 11 is 2.87. The van der Waals surface area contributed by atoms with E-state index in [2.05, 4.69) is 15.5 Å². The number of Topliss-reactive ketones (excluding diaryl/α,β-unsaturated/α-hetero) is 1. The van der Waals surface area contributed by atoms with Crippen molar-refractivity contribution in [1.29, 1.82) is 0 Å². The van der Waals surface area contributed by atoms with Crippen LogP contribution in [0, 0.1) is 0 Å².